The molecule has 0 radical (unpaired) electrons. The Kier molecular flexibility index (Phi) is 46.3. The number of carbonyl (C=O) groups excluding carboxylic acids is 2. The molecular weight excluding hydrogens is 767 g/mol. The second-order valence-electron chi connectivity index (χ2n) is 17.0. The Labute approximate surface area is 382 Å². The summed E-state index contributed by atoms with van der Waals surface area (Å²) in [4.78, 5) is 26.1. The van der Waals surface area contributed by atoms with Crippen molar-refractivity contribution in [2.45, 2.75) is 238 Å². The van der Waals surface area contributed by atoms with Crippen molar-refractivity contribution >= 4 is 11.9 Å². The first kappa shape index (κ1) is 58.8. The zero-order chi connectivity index (χ0) is 45.2. The second kappa shape index (κ2) is 48.8. The van der Waals surface area contributed by atoms with Gasteiger partial charge < -0.3 is 20.3 Å². The maximum Gasteiger partial charge on any atom is 0.306 e. The summed E-state index contributed by atoms with van der Waals surface area (Å²) in [7, 11) is 0. The molecule has 0 aromatic rings. The molecular formula is C56H95NO5. The smallest absolute Gasteiger partial charge is 0.306 e. The summed E-state index contributed by atoms with van der Waals surface area (Å²) in [5.41, 5.74) is 0. The van der Waals surface area contributed by atoms with Crippen molar-refractivity contribution in [2.75, 3.05) is 6.61 Å². The Morgan fingerprint density at radius 3 is 1.37 bits per heavy atom. The summed E-state index contributed by atoms with van der Waals surface area (Å²) in [6, 6.07) is -0.723. The van der Waals surface area contributed by atoms with Gasteiger partial charge in [-0.05, 0) is 70.6 Å². The molecule has 354 valence electrons. The van der Waals surface area contributed by atoms with Crippen LogP contribution in [0.15, 0.2) is 97.2 Å². The van der Waals surface area contributed by atoms with E-state index in [1.54, 1.807) is 0 Å². The van der Waals surface area contributed by atoms with Crippen LogP contribution in [0.4, 0.5) is 0 Å². The van der Waals surface area contributed by atoms with E-state index in [0.717, 1.165) is 89.9 Å². The number of unbranched alkanes of at least 4 members (excludes halogenated alkanes) is 22. The number of ether oxygens (including phenoxy) is 1. The van der Waals surface area contributed by atoms with Gasteiger partial charge in [0.15, 0.2) is 0 Å². The molecule has 0 fully saturated rings. The van der Waals surface area contributed by atoms with Crippen molar-refractivity contribution in [3.8, 4) is 0 Å². The van der Waals surface area contributed by atoms with Gasteiger partial charge in [-0.3, -0.25) is 9.59 Å². The molecule has 3 N–H and O–H groups in total. The number of esters is 1. The maximum absolute atomic E-state index is 13.2. The summed E-state index contributed by atoms with van der Waals surface area (Å²) in [5, 5.41) is 23.7. The second-order valence-corrected chi connectivity index (χ2v) is 17.0. The number of carbonyl (C=O) groups is 2. The number of nitrogens with one attached hydrogen (secondary N) is 1. The summed E-state index contributed by atoms with van der Waals surface area (Å²) >= 11 is 0. The van der Waals surface area contributed by atoms with Crippen LogP contribution < -0.4 is 5.32 Å². The quantitative estimate of drug-likeness (QED) is 0.0322. The van der Waals surface area contributed by atoms with Crippen molar-refractivity contribution in [1.82, 2.24) is 5.32 Å². The molecule has 62 heavy (non-hydrogen) atoms. The van der Waals surface area contributed by atoms with Crippen molar-refractivity contribution in [2.24, 2.45) is 0 Å². The normalized spacial score (nSPS) is 14.1. The molecule has 0 rings (SSSR count). The van der Waals surface area contributed by atoms with Crippen LogP contribution in [0.1, 0.15) is 220 Å². The monoisotopic (exact) mass is 862 g/mol. The standard InChI is InChI=1S/C56H95NO5/c1-4-7-10-13-16-19-22-25-26-27-28-31-34-37-40-43-46-49-56(61)62-52(47-44-41-38-35-32-29-23-20-17-14-11-8-5-2)50-55(60)57-53(51-58)54(59)48-45-42-39-36-33-30-24-21-18-15-12-9-6-3/h7,10,13,16-17,19-20,22-23,25-29,31,34,52-54,58-59H,4-6,8-9,11-12,14-15,18,21,24,30,32-33,35-51H2,1-3H3,(H,57,60)/b10-7-,16-13+,20-17+,22-19+,26-25-,28-27+,29-23+,34-31+. The Balaban J connectivity index is 4.72. The fraction of sp³-hybridized carbons (Fsp3) is 0.679. The summed E-state index contributed by atoms with van der Waals surface area (Å²) in [5.74, 6) is -0.552. The fourth-order valence-electron chi connectivity index (χ4n) is 7.22. The summed E-state index contributed by atoms with van der Waals surface area (Å²) in [6.45, 7) is 6.28. The van der Waals surface area contributed by atoms with Crippen LogP contribution >= 0.6 is 0 Å². The maximum atomic E-state index is 13.2. The number of hydrogen-bond acceptors (Lipinski definition) is 5. The van der Waals surface area contributed by atoms with Gasteiger partial charge in [-0.2, -0.15) is 0 Å². The number of allylic oxidation sites excluding steroid dienone is 16. The highest BCUT2D eigenvalue weighted by atomic mass is 16.5. The van der Waals surface area contributed by atoms with Gasteiger partial charge >= 0.3 is 5.97 Å². The predicted octanol–water partition coefficient (Wildman–Crippen LogP) is 15.3. The number of hydrogen-bond donors (Lipinski definition) is 3. The lowest BCUT2D eigenvalue weighted by molar-refractivity contribution is -0.151. The molecule has 0 spiro atoms. The van der Waals surface area contributed by atoms with Crippen LogP contribution in [-0.2, 0) is 14.3 Å². The van der Waals surface area contributed by atoms with Crippen LogP contribution in [-0.4, -0.2) is 46.9 Å². The van der Waals surface area contributed by atoms with Gasteiger partial charge in [0.05, 0.1) is 25.2 Å². The van der Waals surface area contributed by atoms with E-state index in [1.165, 1.54) is 83.5 Å². The van der Waals surface area contributed by atoms with Crippen molar-refractivity contribution < 1.29 is 24.5 Å². The van der Waals surface area contributed by atoms with Crippen LogP contribution in [0.3, 0.4) is 0 Å². The van der Waals surface area contributed by atoms with Gasteiger partial charge in [0.2, 0.25) is 5.91 Å². The number of aliphatic hydroxyl groups excluding tert-OH is 2. The Morgan fingerprint density at radius 1 is 0.484 bits per heavy atom. The van der Waals surface area contributed by atoms with Gasteiger partial charge in [0, 0.05) is 6.42 Å². The fourth-order valence-corrected chi connectivity index (χ4v) is 7.22. The molecule has 1 amide bonds. The Bertz CT molecular complexity index is 1240. The molecule has 0 aromatic carbocycles. The van der Waals surface area contributed by atoms with E-state index in [0.29, 0.717) is 19.3 Å². The number of rotatable bonds is 44. The van der Waals surface area contributed by atoms with E-state index in [1.807, 2.05) is 54.7 Å². The first-order valence-corrected chi connectivity index (χ1v) is 25.6. The molecule has 0 bridgehead atoms. The molecule has 6 heteroatoms. The number of amides is 1. The minimum atomic E-state index is -0.806. The molecule has 0 aliphatic heterocycles. The lowest BCUT2D eigenvalue weighted by atomic mass is 10.0. The molecule has 6 nitrogen and oxygen atoms in total. The first-order valence-electron chi connectivity index (χ1n) is 25.6. The SMILES string of the molecule is CC\C=C/C=C/C=C/C=C\C=C\C=C\CCCCCC(=O)OC(CCCCCC/C=C/C=C/CCCCC)CC(=O)NC(CO)C(O)CCCCCCCCCCCCCCC. The van der Waals surface area contributed by atoms with E-state index in [9.17, 15) is 19.8 Å². The lowest BCUT2D eigenvalue weighted by Crippen LogP contribution is -2.46. The van der Waals surface area contributed by atoms with Crippen LogP contribution in [0.2, 0.25) is 0 Å². The van der Waals surface area contributed by atoms with Crippen LogP contribution in [0.5, 0.6) is 0 Å². The largest absolute Gasteiger partial charge is 0.462 e. The summed E-state index contributed by atoms with van der Waals surface area (Å²) < 4.78 is 5.90. The molecule has 0 aliphatic rings. The van der Waals surface area contributed by atoms with Gasteiger partial charge in [-0.1, -0.05) is 234 Å². The summed E-state index contributed by atoms with van der Waals surface area (Å²) in [6.07, 6.45) is 64.5. The predicted molar refractivity (Wildman–Crippen MR) is 268 cm³/mol. The molecule has 0 heterocycles. The van der Waals surface area contributed by atoms with Crippen molar-refractivity contribution in [1.29, 1.82) is 0 Å². The molecule has 3 unspecified atom stereocenters. The van der Waals surface area contributed by atoms with Crippen molar-refractivity contribution in [3.63, 3.8) is 0 Å². The first-order chi connectivity index (χ1) is 30.5. The highest BCUT2D eigenvalue weighted by molar-refractivity contribution is 5.77. The highest BCUT2D eigenvalue weighted by Crippen LogP contribution is 2.17. The average molecular weight is 862 g/mol. The Morgan fingerprint density at radius 2 is 0.871 bits per heavy atom. The zero-order valence-electron chi connectivity index (χ0n) is 40.2. The van der Waals surface area contributed by atoms with E-state index >= 15 is 0 Å². The highest BCUT2D eigenvalue weighted by Gasteiger charge is 2.24. The third kappa shape index (κ3) is 43.4. The van der Waals surface area contributed by atoms with Gasteiger partial charge in [-0.25, -0.2) is 0 Å². The van der Waals surface area contributed by atoms with Gasteiger partial charge in [0.25, 0.3) is 0 Å². The topological polar surface area (TPSA) is 95.9 Å². The van der Waals surface area contributed by atoms with E-state index in [4.69, 9.17) is 4.74 Å². The Hall–Kier alpha value is -3.22. The molecule has 0 saturated heterocycles. The van der Waals surface area contributed by atoms with E-state index in [2.05, 4.69) is 68.6 Å². The van der Waals surface area contributed by atoms with Gasteiger partial charge in [-0.15, -0.1) is 0 Å². The minimum Gasteiger partial charge on any atom is -0.462 e. The molecule has 0 aromatic heterocycles. The molecule has 0 saturated carbocycles. The van der Waals surface area contributed by atoms with Crippen molar-refractivity contribution in [3.05, 3.63) is 97.2 Å². The lowest BCUT2D eigenvalue weighted by Gasteiger charge is -2.24. The average Bonchev–Trinajstić information content (AvgIpc) is 3.26. The van der Waals surface area contributed by atoms with Gasteiger partial charge in [0.1, 0.15) is 6.10 Å². The number of aliphatic hydroxyl groups is 2. The molecule has 3 atom stereocenters. The van der Waals surface area contributed by atoms with E-state index < -0.39 is 18.2 Å². The minimum absolute atomic E-state index is 0.0402. The third-order valence-corrected chi connectivity index (χ3v) is 11.1. The van der Waals surface area contributed by atoms with Crippen LogP contribution in [0.25, 0.3) is 0 Å². The molecule has 0 aliphatic carbocycles. The van der Waals surface area contributed by atoms with Crippen LogP contribution in [0, 0.1) is 0 Å². The third-order valence-electron chi connectivity index (χ3n) is 11.1. The zero-order valence-corrected chi connectivity index (χ0v) is 40.2. The van der Waals surface area contributed by atoms with E-state index in [-0.39, 0.29) is 24.9 Å².